The first-order valence-electron chi connectivity index (χ1n) is 11.0. The summed E-state index contributed by atoms with van der Waals surface area (Å²) < 4.78 is 30.8. The Morgan fingerprint density at radius 3 is 2.43 bits per heavy atom. The molecule has 0 spiro atoms. The van der Waals surface area contributed by atoms with E-state index in [-0.39, 0.29) is 12.5 Å². The predicted molar refractivity (Wildman–Crippen MR) is 137 cm³/mol. The average Bonchev–Trinajstić information content (AvgIpc) is 3.17. The molecule has 0 saturated heterocycles. The van der Waals surface area contributed by atoms with Crippen LogP contribution in [-0.4, -0.2) is 39.7 Å². The number of carbonyl (C=O) groups is 2. The molecule has 0 saturated carbocycles. The van der Waals surface area contributed by atoms with Crippen molar-refractivity contribution in [1.29, 1.82) is 0 Å². The second-order valence-electron chi connectivity index (χ2n) is 7.87. The maximum Gasteiger partial charge on any atom is 0.326 e. The van der Waals surface area contributed by atoms with Gasteiger partial charge in [-0.1, -0.05) is 54.6 Å². The van der Waals surface area contributed by atoms with Crippen LogP contribution < -0.4 is 14.9 Å². The van der Waals surface area contributed by atoms with E-state index in [4.69, 9.17) is 4.74 Å². The maximum atomic E-state index is 13.0. The van der Waals surface area contributed by atoms with E-state index in [1.54, 1.807) is 31.2 Å². The van der Waals surface area contributed by atoms with Gasteiger partial charge in [0, 0.05) is 16.9 Å². The van der Waals surface area contributed by atoms with E-state index in [0.29, 0.717) is 28.3 Å². The van der Waals surface area contributed by atoms with Gasteiger partial charge < -0.3 is 15.4 Å². The molecule has 0 radical (unpaired) electrons. The third-order valence-electron chi connectivity index (χ3n) is 5.37. The molecule has 0 atom stereocenters. The minimum absolute atomic E-state index is 0.148. The third-order valence-corrected chi connectivity index (χ3v) is 6.51. The van der Waals surface area contributed by atoms with Crippen molar-refractivity contribution in [2.75, 3.05) is 34.3 Å². The fourth-order valence-electron chi connectivity index (χ4n) is 3.86. The molecule has 9 heteroatoms. The molecule has 180 valence electrons. The molecule has 2 N–H and O–H groups in total. The van der Waals surface area contributed by atoms with Crippen LogP contribution in [0, 0.1) is 0 Å². The molecule has 3 aromatic rings. The van der Waals surface area contributed by atoms with Crippen LogP contribution >= 0.6 is 0 Å². The van der Waals surface area contributed by atoms with Gasteiger partial charge in [-0.2, -0.15) is 0 Å². The van der Waals surface area contributed by atoms with Crippen LogP contribution in [0.3, 0.4) is 0 Å². The molecular weight excluding hydrogens is 466 g/mol. The Hall–Kier alpha value is -4.11. The maximum absolute atomic E-state index is 13.0. The van der Waals surface area contributed by atoms with Gasteiger partial charge in [-0.15, -0.1) is 0 Å². The molecule has 0 aliphatic carbocycles. The summed E-state index contributed by atoms with van der Waals surface area (Å²) in [7, 11) is -3.76. The molecule has 8 nitrogen and oxygen atoms in total. The van der Waals surface area contributed by atoms with E-state index >= 15 is 0 Å². The molecule has 1 aliphatic heterocycles. The number of para-hydroxylation sites is 1. The average molecular weight is 492 g/mol. The fourth-order valence-corrected chi connectivity index (χ4v) is 4.69. The number of ether oxygens (including phenoxy) is 1. The fraction of sp³-hybridized carbons (Fsp3) is 0.154. The van der Waals surface area contributed by atoms with Crippen LogP contribution in [0.1, 0.15) is 18.1 Å². The number of fused-ring (bicyclic) bond motifs is 1. The SMILES string of the molecule is CCOC(=O)CN(c1cccc(NC(=C2C(=O)Nc3ccccc32)c2ccccc2)c1)S(C)(=O)=O. The second-order valence-corrected chi connectivity index (χ2v) is 9.77. The first kappa shape index (κ1) is 24.0. The zero-order valence-corrected chi connectivity index (χ0v) is 20.1. The largest absolute Gasteiger partial charge is 0.465 e. The molecule has 1 amide bonds. The first-order chi connectivity index (χ1) is 16.8. The summed E-state index contributed by atoms with van der Waals surface area (Å²) in [6.07, 6.45) is 1.03. The lowest BCUT2D eigenvalue weighted by Crippen LogP contribution is -2.35. The van der Waals surface area contributed by atoms with Crippen LogP contribution in [0.25, 0.3) is 11.3 Å². The summed E-state index contributed by atoms with van der Waals surface area (Å²) in [6.45, 7) is 1.36. The first-order valence-corrected chi connectivity index (χ1v) is 12.8. The number of amides is 1. The smallest absolute Gasteiger partial charge is 0.326 e. The number of hydrogen-bond donors (Lipinski definition) is 2. The molecule has 0 unspecified atom stereocenters. The van der Waals surface area contributed by atoms with Crippen LogP contribution in [0.15, 0.2) is 78.9 Å². The van der Waals surface area contributed by atoms with E-state index in [1.165, 1.54) is 0 Å². The van der Waals surface area contributed by atoms with Gasteiger partial charge in [-0.3, -0.25) is 13.9 Å². The number of carbonyl (C=O) groups excluding carboxylic acids is 2. The summed E-state index contributed by atoms with van der Waals surface area (Å²) in [6, 6.07) is 23.5. The number of hydrogen-bond acceptors (Lipinski definition) is 6. The Balaban J connectivity index is 1.78. The number of nitrogens with zero attached hydrogens (tertiary/aromatic N) is 1. The van der Waals surface area contributed by atoms with Gasteiger partial charge in [0.15, 0.2) is 0 Å². The summed E-state index contributed by atoms with van der Waals surface area (Å²) in [5, 5.41) is 6.21. The van der Waals surface area contributed by atoms with Gasteiger partial charge in [-0.05, 0) is 36.8 Å². The van der Waals surface area contributed by atoms with Gasteiger partial charge in [0.05, 0.1) is 29.8 Å². The molecule has 35 heavy (non-hydrogen) atoms. The molecule has 1 aliphatic rings. The van der Waals surface area contributed by atoms with E-state index in [2.05, 4.69) is 10.6 Å². The highest BCUT2D eigenvalue weighted by Gasteiger charge is 2.28. The van der Waals surface area contributed by atoms with Crippen molar-refractivity contribution >= 4 is 50.2 Å². The number of benzene rings is 3. The summed E-state index contributed by atoms with van der Waals surface area (Å²) in [5.74, 6) is -0.892. The standard InChI is InChI=1S/C26H25N3O5S/c1-3-34-23(30)17-29(35(2,32)33)20-13-9-12-19(16-20)27-25(18-10-5-4-6-11-18)24-21-14-7-8-15-22(21)28-26(24)31/h4-16,27H,3,17H2,1-2H3,(H,28,31). The monoisotopic (exact) mass is 491 g/mol. The highest BCUT2D eigenvalue weighted by atomic mass is 32.2. The van der Waals surface area contributed by atoms with Crippen molar-refractivity contribution in [2.24, 2.45) is 0 Å². The highest BCUT2D eigenvalue weighted by molar-refractivity contribution is 7.92. The van der Waals surface area contributed by atoms with Crippen molar-refractivity contribution in [1.82, 2.24) is 0 Å². The number of nitrogens with one attached hydrogen (secondary N) is 2. The number of anilines is 3. The van der Waals surface area contributed by atoms with Gasteiger partial charge in [0.1, 0.15) is 6.54 Å². The number of sulfonamides is 1. The van der Waals surface area contributed by atoms with Crippen LogP contribution in [0.5, 0.6) is 0 Å². The minimum atomic E-state index is -3.76. The van der Waals surface area contributed by atoms with Crippen LogP contribution in [0.4, 0.5) is 17.1 Å². The van der Waals surface area contributed by atoms with Gasteiger partial charge >= 0.3 is 5.97 Å². The molecule has 0 aromatic heterocycles. The zero-order valence-electron chi connectivity index (χ0n) is 19.3. The lowest BCUT2D eigenvalue weighted by atomic mass is 10.00. The second kappa shape index (κ2) is 10.0. The van der Waals surface area contributed by atoms with Gasteiger partial charge in [-0.25, -0.2) is 8.42 Å². The Morgan fingerprint density at radius 2 is 1.71 bits per heavy atom. The highest BCUT2D eigenvalue weighted by Crippen LogP contribution is 2.37. The normalized spacial score (nSPS) is 14.1. The Labute approximate surface area is 204 Å². The zero-order chi connectivity index (χ0) is 25.0. The van der Waals surface area contributed by atoms with Crippen molar-refractivity contribution in [2.45, 2.75) is 6.92 Å². The van der Waals surface area contributed by atoms with E-state index in [0.717, 1.165) is 21.7 Å². The lowest BCUT2D eigenvalue weighted by Gasteiger charge is -2.22. The molecule has 0 fully saturated rings. The topological polar surface area (TPSA) is 105 Å². The van der Waals surface area contributed by atoms with Crippen LogP contribution in [-0.2, 0) is 24.3 Å². The van der Waals surface area contributed by atoms with Crippen molar-refractivity contribution in [3.05, 3.63) is 90.0 Å². The van der Waals surface area contributed by atoms with Gasteiger partial charge in [0.2, 0.25) is 10.0 Å². The van der Waals surface area contributed by atoms with Crippen LogP contribution in [0.2, 0.25) is 0 Å². The Bertz CT molecular complexity index is 1400. The Kier molecular flexibility index (Phi) is 6.88. The third kappa shape index (κ3) is 5.36. The van der Waals surface area contributed by atoms with Crippen molar-refractivity contribution in [3.63, 3.8) is 0 Å². The molecule has 0 bridgehead atoms. The quantitative estimate of drug-likeness (QED) is 0.365. The van der Waals surface area contributed by atoms with E-state index < -0.39 is 22.5 Å². The number of esters is 1. The molecular formula is C26H25N3O5S. The molecule has 4 rings (SSSR count). The van der Waals surface area contributed by atoms with Crippen molar-refractivity contribution < 1.29 is 22.7 Å². The number of rotatable bonds is 8. The van der Waals surface area contributed by atoms with Crippen molar-refractivity contribution in [3.8, 4) is 0 Å². The summed E-state index contributed by atoms with van der Waals surface area (Å²) >= 11 is 0. The van der Waals surface area contributed by atoms with E-state index in [9.17, 15) is 18.0 Å². The molecule has 3 aromatic carbocycles. The summed E-state index contributed by atoms with van der Waals surface area (Å²) in [4.78, 5) is 25.0. The van der Waals surface area contributed by atoms with Gasteiger partial charge in [0.25, 0.3) is 5.91 Å². The summed E-state index contributed by atoms with van der Waals surface area (Å²) in [5.41, 5.74) is 4.15. The minimum Gasteiger partial charge on any atom is -0.465 e. The Morgan fingerprint density at radius 1 is 1.00 bits per heavy atom. The van der Waals surface area contributed by atoms with E-state index in [1.807, 2.05) is 54.6 Å². The lowest BCUT2D eigenvalue weighted by molar-refractivity contribution is -0.141. The molecule has 1 heterocycles. The predicted octanol–water partition coefficient (Wildman–Crippen LogP) is 3.95.